The molecule has 0 bridgehead atoms. The molecule has 7 heteroatoms. The van der Waals surface area contributed by atoms with Gasteiger partial charge >= 0.3 is 0 Å². The van der Waals surface area contributed by atoms with Crippen molar-refractivity contribution in [2.24, 2.45) is 0 Å². The Kier molecular flexibility index (Phi) is 4.40. The van der Waals surface area contributed by atoms with E-state index in [0.29, 0.717) is 6.54 Å². The van der Waals surface area contributed by atoms with Gasteiger partial charge in [-0.3, -0.25) is 4.79 Å². The number of anilines is 1. The van der Waals surface area contributed by atoms with Crippen LogP contribution in [0.15, 0.2) is 18.2 Å². The summed E-state index contributed by atoms with van der Waals surface area (Å²) in [5.41, 5.74) is 4.07. The van der Waals surface area contributed by atoms with Gasteiger partial charge < -0.3 is 15.2 Å². The number of H-pyrrole nitrogens is 1. The molecule has 26 heavy (non-hydrogen) atoms. The summed E-state index contributed by atoms with van der Waals surface area (Å²) >= 11 is 1.43. The first-order valence-corrected chi connectivity index (χ1v) is 9.78. The van der Waals surface area contributed by atoms with Gasteiger partial charge in [0.2, 0.25) is 0 Å². The van der Waals surface area contributed by atoms with Gasteiger partial charge in [-0.25, -0.2) is 9.97 Å². The normalized spacial score (nSPS) is 17.7. The van der Waals surface area contributed by atoms with Crippen LogP contribution in [0.5, 0.6) is 0 Å². The number of hydrogen-bond donors (Lipinski definition) is 2. The number of carbonyl (C=O) groups excluding carboxylic acids is 1. The molecule has 4 rings (SSSR count). The Balaban J connectivity index is 1.57. The number of amides is 1. The summed E-state index contributed by atoms with van der Waals surface area (Å²) in [6.45, 7) is 5.47. The van der Waals surface area contributed by atoms with Crippen molar-refractivity contribution in [3.8, 4) is 0 Å². The number of aromatic amines is 1. The van der Waals surface area contributed by atoms with Crippen molar-refractivity contribution in [3.63, 3.8) is 0 Å². The van der Waals surface area contributed by atoms with Gasteiger partial charge in [-0.1, -0.05) is 23.5 Å². The van der Waals surface area contributed by atoms with Gasteiger partial charge in [-0.05, 0) is 38.3 Å². The second-order valence-electron chi connectivity index (χ2n) is 6.87. The number of piperidine rings is 1. The lowest BCUT2D eigenvalue weighted by atomic mass is 9.97. The molecule has 1 aromatic carbocycles. The minimum atomic E-state index is 0.0819. The summed E-state index contributed by atoms with van der Waals surface area (Å²) in [6.07, 6.45) is 2.04. The van der Waals surface area contributed by atoms with E-state index in [4.69, 9.17) is 4.98 Å². The van der Waals surface area contributed by atoms with Gasteiger partial charge in [0.1, 0.15) is 10.7 Å². The Hall–Kier alpha value is -2.41. The van der Waals surface area contributed by atoms with Crippen molar-refractivity contribution in [1.29, 1.82) is 0 Å². The largest absolute Gasteiger partial charge is 0.365 e. The molecule has 0 radical (unpaired) electrons. The van der Waals surface area contributed by atoms with Crippen molar-refractivity contribution in [3.05, 3.63) is 40.2 Å². The Morgan fingerprint density at radius 2 is 2.19 bits per heavy atom. The lowest BCUT2D eigenvalue weighted by molar-refractivity contribution is 0.0709. The monoisotopic (exact) mass is 369 g/mol. The number of aryl methyl sites for hydroxylation is 2. The average molecular weight is 369 g/mol. The molecule has 6 nitrogen and oxygen atoms in total. The first-order valence-electron chi connectivity index (χ1n) is 8.96. The first kappa shape index (κ1) is 17.0. The second kappa shape index (κ2) is 6.72. The maximum atomic E-state index is 13.0. The number of benzene rings is 1. The highest BCUT2D eigenvalue weighted by Crippen LogP contribution is 2.30. The zero-order valence-electron chi connectivity index (χ0n) is 15.3. The van der Waals surface area contributed by atoms with Gasteiger partial charge in [-0.2, -0.15) is 0 Å². The van der Waals surface area contributed by atoms with Crippen LogP contribution in [0.1, 0.15) is 45.5 Å². The Bertz CT molecular complexity index is 960. The Labute approximate surface area is 156 Å². The number of imidazole rings is 1. The van der Waals surface area contributed by atoms with Gasteiger partial charge in [0.15, 0.2) is 5.13 Å². The summed E-state index contributed by atoms with van der Waals surface area (Å²) in [6, 6.07) is 6.18. The number of carbonyl (C=O) groups is 1. The maximum Gasteiger partial charge on any atom is 0.265 e. The number of hydrogen-bond acceptors (Lipinski definition) is 5. The van der Waals surface area contributed by atoms with Crippen molar-refractivity contribution >= 4 is 33.4 Å². The van der Waals surface area contributed by atoms with E-state index in [2.05, 4.69) is 34.3 Å². The number of thiazole rings is 1. The third-order valence-corrected chi connectivity index (χ3v) is 6.20. The first-order chi connectivity index (χ1) is 12.6. The quantitative estimate of drug-likeness (QED) is 0.738. The Morgan fingerprint density at radius 3 is 2.92 bits per heavy atom. The third-order valence-electron chi connectivity index (χ3n) is 5.03. The summed E-state index contributed by atoms with van der Waals surface area (Å²) in [4.78, 5) is 28.4. The van der Waals surface area contributed by atoms with Crippen LogP contribution in [0, 0.1) is 13.8 Å². The number of fused-ring (bicyclic) bond motifs is 1. The Morgan fingerprint density at radius 1 is 1.35 bits per heavy atom. The standard InChI is InChI=1S/C19H23N5OS/c1-11-6-4-8-14-15(11)23-17(22-14)13-7-5-9-24(10-13)18(25)16-12(2)21-19(20-3)26-16/h4,6,8,13H,5,7,9-10H2,1-3H3,(H,20,21)(H,22,23). The summed E-state index contributed by atoms with van der Waals surface area (Å²) in [7, 11) is 1.83. The molecule has 2 N–H and O–H groups in total. The highest BCUT2D eigenvalue weighted by atomic mass is 32.1. The number of likely N-dealkylation sites (tertiary alicyclic amines) is 1. The van der Waals surface area contributed by atoms with Crippen LogP contribution in [0.4, 0.5) is 5.13 Å². The van der Waals surface area contributed by atoms with Crippen molar-refractivity contribution in [2.45, 2.75) is 32.6 Å². The molecule has 0 spiro atoms. The predicted molar refractivity (Wildman–Crippen MR) is 105 cm³/mol. The van der Waals surface area contributed by atoms with Gasteiger partial charge in [0, 0.05) is 26.1 Å². The molecule has 1 atom stereocenters. The minimum Gasteiger partial charge on any atom is -0.365 e. The fraction of sp³-hybridized carbons (Fsp3) is 0.421. The SMILES string of the molecule is CNc1nc(C)c(C(=O)N2CCCC(c3nc4c(C)cccc4[nH]3)C2)s1. The molecule has 3 heterocycles. The van der Waals surface area contributed by atoms with Gasteiger partial charge in [-0.15, -0.1) is 0 Å². The summed E-state index contributed by atoms with van der Waals surface area (Å²) in [5, 5.41) is 3.81. The van der Waals surface area contributed by atoms with E-state index in [0.717, 1.165) is 51.9 Å². The topological polar surface area (TPSA) is 73.9 Å². The van der Waals surface area contributed by atoms with E-state index < -0.39 is 0 Å². The number of rotatable bonds is 3. The molecule has 136 valence electrons. The van der Waals surface area contributed by atoms with Gasteiger partial charge in [0.05, 0.1) is 16.7 Å². The maximum absolute atomic E-state index is 13.0. The van der Waals surface area contributed by atoms with Crippen LogP contribution in [0.25, 0.3) is 11.0 Å². The van der Waals surface area contributed by atoms with E-state index in [9.17, 15) is 4.79 Å². The number of aromatic nitrogens is 3. The van der Waals surface area contributed by atoms with E-state index in [-0.39, 0.29) is 11.8 Å². The smallest absolute Gasteiger partial charge is 0.265 e. The second-order valence-corrected chi connectivity index (χ2v) is 7.87. The van der Waals surface area contributed by atoms with Crippen molar-refractivity contribution in [2.75, 3.05) is 25.5 Å². The molecule has 1 fully saturated rings. The predicted octanol–water partition coefficient (Wildman–Crippen LogP) is 3.70. The van der Waals surface area contributed by atoms with Crippen LogP contribution in [-0.4, -0.2) is 45.9 Å². The molecule has 0 saturated carbocycles. The van der Waals surface area contributed by atoms with Gasteiger partial charge in [0.25, 0.3) is 5.91 Å². The van der Waals surface area contributed by atoms with Crippen LogP contribution >= 0.6 is 11.3 Å². The van der Waals surface area contributed by atoms with E-state index >= 15 is 0 Å². The van der Waals surface area contributed by atoms with Crippen LogP contribution in [-0.2, 0) is 0 Å². The zero-order valence-corrected chi connectivity index (χ0v) is 16.1. The number of para-hydroxylation sites is 1. The zero-order chi connectivity index (χ0) is 18.3. The molecule has 1 aliphatic rings. The fourth-order valence-electron chi connectivity index (χ4n) is 3.62. The molecule has 1 unspecified atom stereocenters. The van der Waals surface area contributed by atoms with Crippen LogP contribution in [0.2, 0.25) is 0 Å². The highest BCUT2D eigenvalue weighted by Gasteiger charge is 2.29. The lowest BCUT2D eigenvalue weighted by Crippen LogP contribution is -2.39. The summed E-state index contributed by atoms with van der Waals surface area (Å²) < 4.78 is 0. The molecule has 0 aliphatic carbocycles. The van der Waals surface area contributed by atoms with Crippen molar-refractivity contribution in [1.82, 2.24) is 19.9 Å². The molecule has 1 aliphatic heterocycles. The van der Waals surface area contributed by atoms with Crippen LogP contribution < -0.4 is 5.32 Å². The lowest BCUT2D eigenvalue weighted by Gasteiger charge is -2.31. The highest BCUT2D eigenvalue weighted by molar-refractivity contribution is 7.17. The van der Waals surface area contributed by atoms with Crippen LogP contribution in [0.3, 0.4) is 0 Å². The molecular weight excluding hydrogens is 346 g/mol. The fourth-order valence-corrected chi connectivity index (χ4v) is 4.51. The average Bonchev–Trinajstić information content (AvgIpc) is 3.25. The minimum absolute atomic E-state index is 0.0819. The number of nitrogens with zero attached hydrogens (tertiary/aromatic N) is 3. The van der Waals surface area contributed by atoms with Crippen molar-refractivity contribution < 1.29 is 4.79 Å². The molecular formula is C19H23N5OS. The van der Waals surface area contributed by atoms with E-state index in [1.54, 1.807) is 0 Å². The molecule has 1 saturated heterocycles. The summed E-state index contributed by atoms with van der Waals surface area (Å²) in [5.74, 6) is 1.32. The molecule has 2 aromatic heterocycles. The third kappa shape index (κ3) is 2.96. The van der Waals surface area contributed by atoms with E-state index in [1.807, 2.05) is 24.9 Å². The van der Waals surface area contributed by atoms with E-state index in [1.165, 1.54) is 16.9 Å². The molecule has 3 aromatic rings. The number of nitrogens with one attached hydrogen (secondary N) is 2. The molecule has 1 amide bonds.